The van der Waals surface area contributed by atoms with Crippen LogP contribution in [0.25, 0.3) is 11.8 Å². The molecule has 3 rings (SSSR count). The number of carbonyl (C=O) groups excluding carboxylic acids is 1. The van der Waals surface area contributed by atoms with Gasteiger partial charge in [0.2, 0.25) is 5.78 Å². The topological polar surface area (TPSA) is 83.0 Å². The minimum Gasteiger partial charge on any atom is -0.317 e. The van der Waals surface area contributed by atoms with Crippen LogP contribution in [0.4, 0.5) is 5.69 Å². The number of allylic oxidation sites excluding steroid dienone is 1. The summed E-state index contributed by atoms with van der Waals surface area (Å²) in [4.78, 5) is 22.4. The van der Waals surface area contributed by atoms with E-state index in [0.29, 0.717) is 5.69 Å². The highest BCUT2D eigenvalue weighted by molar-refractivity contribution is 6.05. The third kappa shape index (κ3) is 3.14. The smallest absolute Gasteiger partial charge is 0.269 e. The van der Waals surface area contributed by atoms with Crippen LogP contribution in [-0.2, 0) is 7.05 Å². The molecule has 7 heteroatoms. The highest BCUT2D eigenvalue weighted by Crippen LogP contribution is 2.18. The summed E-state index contributed by atoms with van der Waals surface area (Å²) in [7, 11) is 1.75. The van der Waals surface area contributed by atoms with Crippen molar-refractivity contribution in [3.05, 3.63) is 82.4 Å². The lowest BCUT2D eigenvalue weighted by Gasteiger charge is -2.06. The molecule has 0 aliphatic carbocycles. The van der Waals surface area contributed by atoms with E-state index in [1.165, 1.54) is 18.2 Å². The SMILES string of the molecule is Cn1ccc(C(=O)/C=C/c2cccn2-c2ccc([N+](=O)[O-])cc2)n1. The van der Waals surface area contributed by atoms with Crippen LogP contribution in [-0.4, -0.2) is 25.1 Å². The van der Waals surface area contributed by atoms with Gasteiger partial charge in [-0.1, -0.05) is 0 Å². The van der Waals surface area contributed by atoms with Gasteiger partial charge in [-0.3, -0.25) is 19.6 Å². The maximum atomic E-state index is 12.1. The van der Waals surface area contributed by atoms with Crippen molar-refractivity contribution in [3.63, 3.8) is 0 Å². The highest BCUT2D eigenvalue weighted by Gasteiger charge is 2.08. The van der Waals surface area contributed by atoms with E-state index in [0.717, 1.165) is 11.4 Å². The van der Waals surface area contributed by atoms with Crippen LogP contribution in [0.15, 0.2) is 60.9 Å². The van der Waals surface area contributed by atoms with Gasteiger partial charge in [0, 0.05) is 43.0 Å². The molecule has 0 N–H and O–H groups in total. The number of aryl methyl sites for hydroxylation is 1. The first-order valence-corrected chi connectivity index (χ1v) is 7.19. The lowest BCUT2D eigenvalue weighted by molar-refractivity contribution is -0.384. The van der Waals surface area contributed by atoms with Crippen molar-refractivity contribution in [2.45, 2.75) is 0 Å². The second-order valence-electron chi connectivity index (χ2n) is 5.15. The average Bonchev–Trinajstić information content (AvgIpc) is 3.21. The molecule has 0 fully saturated rings. The molecule has 24 heavy (non-hydrogen) atoms. The van der Waals surface area contributed by atoms with Crippen LogP contribution in [0.2, 0.25) is 0 Å². The third-order valence-corrected chi connectivity index (χ3v) is 3.49. The van der Waals surface area contributed by atoms with Gasteiger partial charge in [0.1, 0.15) is 5.69 Å². The zero-order valence-corrected chi connectivity index (χ0v) is 12.9. The van der Waals surface area contributed by atoms with Gasteiger partial charge in [-0.2, -0.15) is 5.10 Å². The monoisotopic (exact) mass is 322 g/mol. The Labute approximate surface area is 137 Å². The van der Waals surface area contributed by atoms with Gasteiger partial charge >= 0.3 is 0 Å². The molecule has 0 aliphatic heterocycles. The van der Waals surface area contributed by atoms with Crippen LogP contribution in [0, 0.1) is 10.1 Å². The second kappa shape index (κ2) is 6.33. The molecule has 7 nitrogen and oxygen atoms in total. The van der Waals surface area contributed by atoms with E-state index in [9.17, 15) is 14.9 Å². The molecule has 0 saturated carbocycles. The minimum atomic E-state index is -0.439. The molecule has 1 aromatic carbocycles. The van der Waals surface area contributed by atoms with E-state index in [1.54, 1.807) is 42.2 Å². The molecule has 0 saturated heterocycles. The van der Waals surface area contributed by atoms with Gasteiger partial charge in [0.25, 0.3) is 5.69 Å². The first-order chi connectivity index (χ1) is 11.5. The largest absolute Gasteiger partial charge is 0.317 e. The van der Waals surface area contributed by atoms with Gasteiger partial charge in [-0.25, -0.2) is 0 Å². The summed E-state index contributed by atoms with van der Waals surface area (Å²) in [5, 5.41) is 14.8. The normalized spacial score (nSPS) is 11.0. The Kier molecular flexibility index (Phi) is 4.07. The van der Waals surface area contributed by atoms with Crippen LogP contribution >= 0.6 is 0 Å². The standard InChI is InChI=1S/C17H14N4O3/c1-19-12-10-16(18-19)17(22)9-8-13-3-2-11-20(13)14-4-6-15(7-5-14)21(23)24/h2-12H,1H3/b9-8+. The fourth-order valence-corrected chi connectivity index (χ4v) is 2.29. The Morgan fingerprint density at radius 3 is 2.54 bits per heavy atom. The molecule has 0 radical (unpaired) electrons. The minimum absolute atomic E-state index is 0.0355. The van der Waals surface area contributed by atoms with Gasteiger partial charge in [-0.05, 0) is 42.5 Å². The molecule has 120 valence electrons. The number of rotatable bonds is 5. The molecule has 0 atom stereocenters. The Morgan fingerprint density at radius 1 is 1.17 bits per heavy atom. The number of nitro benzene ring substituents is 1. The summed E-state index contributed by atoms with van der Waals surface area (Å²) >= 11 is 0. The predicted molar refractivity (Wildman–Crippen MR) is 89.0 cm³/mol. The van der Waals surface area contributed by atoms with Crippen molar-refractivity contribution in [3.8, 4) is 5.69 Å². The fourth-order valence-electron chi connectivity index (χ4n) is 2.29. The van der Waals surface area contributed by atoms with Crippen molar-refractivity contribution in [1.82, 2.24) is 14.3 Å². The van der Waals surface area contributed by atoms with Crippen molar-refractivity contribution < 1.29 is 9.72 Å². The van der Waals surface area contributed by atoms with Gasteiger partial charge in [0.15, 0.2) is 0 Å². The molecule has 2 aromatic heterocycles. The Balaban J connectivity index is 1.83. The first kappa shape index (κ1) is 15.4. The maximum Gasteiger partial charge on any atom is 0.269 e. The van der Waals surface area contributed by atoms with E-state index in [4.69, 9.17) is 0 Å². The summed E-state index contributed by atoms with van der Waals surface area (Å²) < 4.78 is 3.41. The molecule has 0 aliphatic rings. The van der Waals surface area contributed by atoms with E-state index < -0.39 is 4.92 Å². The summed E-state index contributed by atoms with van der Waals surface area (Å²) in [6.45, 7) is 0. The zero-order valence-electron chi connectivity index (χ0n) is 12.9. The predicted octanol–water partition coefficient (Wildman–Crippen LogP) is 3.02. The summed E-state index contributed by atoms with van der Waals surface area (Å²) in [5.41, 5.74) is 1.97. The van der Waals surface area contributed by atoms with Crippen molar-refractivity contribution >= 4 is 17.5 Å². The zero-order chi connectivity index (χ0) is 17.1. The Bertz CT molecular complexity index is 919. The Hall–Kier alpha value is -3.48. The Morgan fingerprint density at radius 2 is 1.92 bits per heavy atom. The van der Waals surface area contributed by atoms with Crippen LogP contribution in [0.1, 0.15) is 16.2 Å². The molecular weight excluding hydrogens is 308 g/mol. The number of nitrogens with zero attached hydrogens (tertiary/aromatic N) is 4. The number of aromatic nitrogens is 3. The van der Waals surface area contributed by atoms with E-state index in [-0.39, 0.29) is 11.5 Å². The first-order valence-electron chi connectivity index (χ1n) is 7.19. The number of ketones is 1. The lowest BCUT2D eigenvalue weighted by Crippen LogP contribution is -1.99. The van der Waals surface area contributed by atoms with Crippen molar-refractivity contribution in [1.29, 1.82) is 0 Å². The van der Waals surface area contributed by atoms with E-state index >= 15 is 0 Å². The molecule has 0 unspecified atom stereocenters. The maximum absolute atomic E-state index is 12.1. The molecule has 0 spiro atoms. The van der Waals surface area contributed by atoms with E-state index in [2.05, 4.69) is 5.10 Å². The molecular formula is C17H14N4O3. The number of benzene rings is 1. The quantitative estimate of drug-likeness (QED) is 0.313. The summed E-state index contributed by atoms with van der Waals surface area (Å²) in [6.07, 6.45) is 6.69. The number of nitro groups is 1. The number of carbonyl (C=O) groups is 1. The van der Waals surface area contributed by atoms with Gasteiger partial charge in [-0.15, -0.1) is 0 Å². The number of non-ortho nitro benzene ring substituents is 1. The van der Waals surface area contributed by atoms with Crippen molar-refractivity contribution in [2.24, 2.45) is 7.05 Å². The number of hydrogen-bond acceptors (Lipinski definition) is 4. The highest BCUT2D eigenvalue weighted by atomic mass is 16.6. The van der Waals surface area contributed by atoms with E-state index in [1.807, 2.05) is 22.9 Å². The van der Waals surface area contributed by atoms with Crippen LogP contribution in [0.5, 0.6) is 0 Å². The average molecular weight is 322 g/mol. The number of hydrogen-bond donors (Lipinski definition) is 0. The summed E-state index contributed by atoms with van der Waals surface area (Å²) in [6, 6.07) is 11.6. The van der Waals surface area contributed by atoms with Gasteiger partial charge in [0.05, 0.1) is 4.92 Å². The van der Waals surface area contributed by atoms with Crippen molar-refractivity contribution in [2.75, 3.05) is 0 Å². The van der Waals surface area contributed by atoms with Gasteiger partial charge < -0.3 is 4.57 Å². The van der Waals surface area contributed by atoms with Crippen LogP contribution in [0.3, 0.4) is 0 Å². The second-order valence-corrected chi connectivity index (χ2v) is 5.15. The third-order valence-electron chi connectivity index (χ3n) is 3.49. The molecule has 0 amide bonds. The molecule has 0 bridgehead atoms. The molecule has 2 heterocycles. The lowest BCUT2D eigenvalue weighted by atomic mass is 10.2. The van der Waals surface area contributed by atoms with Crippen LogP contribution < -0.4 is 0 Å². The fraction of sp³-hybridized carbons (Fsp3) is 0.0588. The summed E-state index contributed by atoms with van der Waals surface area (Å²) in [5.74, 6) is -0.188. The molecule has 3 aromatic rings.